The van der Waals surface area contributed by atoms with Crippen molar-refractivity contribution in [3.05, 3.63) is 36.2 Å². The largest absolute Gasteiger partial charge is 0.460 e. The van der Waals surface area contributed by atoms with Crippen LogP contribution in [0.3, 0.4) is 0 Å². The number of benzene rings is 1. The number of hydrogen-bond donors (Lipinski definition) is 0. The topological polar surface area (TPSA) is 65.2 Å². The van der Waals surface area contributed by atoms with E-state index in [1.165, 1.54) is 38.5 Å². The van der Waals surface area contributed by atoms with E-state index in [9.17, 15) is 4.79 Å². The van der Waals surface area contributed by atoms with Gasteiger partial charge in [0.1, 0.15) is 5.60 Å². The first-order valence-corrected chi connectivity index (χ1v) is 11.0. The van der Waals surface area contributed by atoms with Crippen LogP contribution in [-0.4, -0.2) is 21.7 Å². The Morgan fingerprint density at radius 1 is 1.17 bits per heavy atom. The van der Waals surface area contributed by atoms with Crippen LogP contribution in [-0.2, 0) is 9.53 Å². The molecule has 2 aromatic rings. The van der Waals surface area contributed by atoms with Gasteiger partial charge in [-0.15, -0.1) is 0 Å². The predicted octanol–water partition coefficient (Wildman–Crippen LogP) is 6.30. The molecule has 29 heavy (non-hydrogen) atoms. The third-order valence-electron chi connectivity index (χ3n) is 5.55. The summed E-state index contributed by atoms with van der Waals surface area (Å²) in [4.78, 5) is 17.1. The predicted molar refractivity (Wildman–Crippen MR) is 113 cm³/mol. The van der Waals surface area contributed by atoms with Crippen molar-refractivity contribution in [2.45, 2.75) is 90.1 Å². The molecule has 1 aromatic heterocycles. The van der Waals surface area contributed by atoms with Crippen molar-refractivity contribution in [1.82, 2.24) is 10.1 Å². The second-order valence-corrected chi connectivity index (χ2v) is 9.24. The van der Waals surface area contributed by atoms with Gasteiger partial charge in [0.05, 0.1) is 6.42 Å². The Kier molecular flexibility index (Phi) is 7.45. The molecule has 3 rings (SSSR count). The van der Waals surface area contributed by atoms with Gasteiger partial charge in [-0.05, 0) is 33.1 Å². The zero-order valence-corrected chi connectivity index (χ0v) is 18.0. The molecule has 5 nitrogen and oxygen atoms in total. The Labute approximate surface area is 174 Å². The highest BCUT2D eigenvalue weighted by Crippen LogP contribution is 2.32. The third kappa shape index (κ3) is 6.98. The fourth-order valence-electron chi connectivity index (χ4n) is 4.13. The van der Waals surface area contributed by atoms with Gasteiger partial charge in [-0.2, -0.15) is 4.98 Å². The molecule has 0 radical (unpaired) electrons. The van der Waals surface area contributed by atoms with Gasteiger partial charge < -0.3 is 9.26 Å². The van der Waals surface area contributed by atoms with Crippen LogP contribution in [0.5, 0.6) is 0 Å². The second-order valence-electron chi connectivity index (χ2n) is 9.24. The average molecular weight is 399 g/mol. The lowest BCUT2D eigenvalue weighted by molar-refractivity contribution is -0.155. The molecule has 5 heteroatoms. The van der Waals surface area contributed by atoms with Crippen molar-refractivity contribution >= 4 is 5.97 Å². The van der Waals surface area contributed by atoms with E-state index in [4.69, 9.17) is 9.26 Å². The minimum atomic E-state index is -0.492. The van der Waals surface area contributed by atoms with E-state index >= 15 is 0 Å². The molecule has 1 aromatic carbocycles. The summed E-state index contributed by atoms with van der Waals surface area (Å²) in [7, 11) is 0. The van der Waals surface area contributed by atoms with Gasteiger partial charge in [0.15, 0.2) is 0 Å². The van der Waals surface area contributed by atoms with Crippen molar-refractivity contribution in [2.75, 3.05) is 0 Å². The monoisotopic (exact) mass is 398 g/mol. The van der Waals surface area contributed by atoms with E-state index in [-0.39, 0.29) is 18.3 Å². The van der Waals surface area contributed by atoms with Crippen LogP contribution in [0, 0.1) is 5.92 Å². The molecule has 1 saturated carbocycles. The molecule has 1 heterocycles. The van der Waals surface area contributed by atoms with Gasteiger partial charge in [0.2, 0.25) is 11.7 Å². The fraction of sp³-hybridized carbons (Fsp3) is 0.625. The minimum Gasteiger partial charge on any atom is -0.460 e. The molecule has 0 N–H and O–H groups in total. The Morgan fingerprint density at radius 2 is 1.90 bits per heavy atom. The summed E-state index contributed by atoms with van der Waals surface area (Å²) in [5, 5.41) is 4.15. The summed E-state index contributed by atoms with van der Waals surface area (Å²) in [5.41, 5.74) is 0.425. The fourth-order valence-corrected chi connectivity index (χ4v) is 4.13. The van der Waals surface area contributed by atoms with Crippen LogP contribution in [0.2, 0.25) is 0 Å². The Morgan fingerprint density at radius 3 is 2.59 bits per heavy atom. The first-order chi connectivity index (χ1) is 13.9. The van der Waals surface area contributed by atoms with Gasteiger partial charge in [0, 0.05) is 11.5 Å². The average Bonchev–Trinajstić information content (AvgIpc) is 3.17. The van der Waals surface area contributed by atoms with Crippen molar-refractivity contribution in [1.29, 1.82) is 0 Å². The number of esters is 1. The van der Waals surface area contributed by atoms with Crippen molar-refractivity contribution in [3.8, 4) is 11.4 Å². The van der Waals surface area contributed by atoms with E-state index in [0.29, 0.717) is 11.7 Å². The number of ether oxygens (including phenoxy) is 1. The molecule has 0 unspecified atom stereocenters. The Hall–Kier alpha value is -2.17. The maximum Gasteiger partial charge on any atom is 0.307 e. The molecule has 1 atom stereocenters. The van der Waals surface area contributed by atoms with Gasteiger partial charge in [-0.25, -0.2) is 0 Å². The number of aromatic nitrogens is 2. The zero-order chi connectivity index (χ0) is 20.7. The van der Waals surface area contributed by atoms with Gasteiger partial charge in [-0.1, -0.05) is 80.4 Å². The summed E-state index contributed by atoms with van der Waals surface area (Å²) in [5.74, 6) is 1.63. The maximum absolute atomic E-state index is 12.5. The van der Waals surface area contributed by atoms with E-state index in [1.54, 1.807) is 0 Å². The summed E-state index contributed by atoms with van der Waals surface area (Å²) < 4.78 is 11.1. The van der Waals surface area contributed by atoms with Gasteiger partial charge in [-0.3, -0.25) is 4.79 Å². The number of rotatable bonds is 8. The molecule has 1 fully saturated rings. The van der Waals surface area contributed by atoms with Crippen molar-refractivity contribution in [3.63, 3.8) is 0 Å². The summed E-state index contributed by atoms with van der Waals surface area (Å²) >= 11 is 0. The summed E-state index contributed by atoms with van der Waals surface area (Å²) in [6.45, 7) is 5.68. The van der Waals surface area contributed by atoms with Crippen LogP contribution in [0.15, 0.2) is 34.9 Å². The first kappa shape index (κ1) is 21.5. The van der Waals surface area contributed by atoms with E-state index in [2.05, 4.69) is 10.1 Å². The molecule has 0 aliphatic heterocycles. The molecule has 0 bridgehead atoms. The third-order valence-corrected chi connectivity index (χ3v) is 5.55. The van der Waals surface area contributed by atoms with Crippen molar-refractivity contribution in [2.24, 2.45) is 5.92 Å². The number of carbonyl (C=O) groups is 1. The molecular weight excluding hydrogens is 364 g/mol. The molecule has 0 spiro atoms. The molecule has 0 amide bonds. The molecule has 158 valence electrons. The van der Waals surface area contributed by atoms with Crippen LogP contribution >= 0.6 is 0 Å². The highest BCUT2D eigenvalue weighted by atomic mass is 16.6. The molecule has 1 aliphatic carbocycles. The normalized spacial score (nSPS) is 16.5. The Balaban J connectivity index is 1.66. The molecule has 1 aliphatic rings. The van der Waals surface area contributed by atoms with Crippen LogP contribution in [0.25, 0.3) is 11.4 Å². The lowest BCUT2D eigenvalue weighted by Crippen LogP contribution is -2.25. The van der Waals surface area contributed by atoms with E-state index in [0.717, 1.165) is 24.3 Å². The Bertz CT molecular complexity index is 758. The highest BCUT2D eigenvalue weighted by molar-refractivity contribution is 5.70. The maximum atomic E-state index is 12.5. The van der Waals surface area contributed by atoms with E-state index < -0.39 is 5.60 Å². The molecular formula is C24H34N2O3. The zero-order valence-electron chi connectivity index (χ0n) is 18.0. The number of hydrogen-bond acceptors (Lipinski definition) is 5. The smallest absolute Gasteiger partial charge is 0.307 e. The van der Waals surface area contributed by atoms with Crippen molar-refractivity contribution < 1.29 is 14.1 Å². The first-order valence-electron chi connectivity index (χ1n) is 11.0. The van der Waals surface area contributed by atoms with Crippen LogP contribution < -0.4 is 0 Å². The van der Waals surface area contributed by atoms with Gasteiger partial charge in [0.25, 0.3) is 0 Å². The number of nitrogens with zero attached hydrogens (tertiary/aromatic N) is 2. The highest BCUT2D eigenvalue weighted by Gasteiger charge is 2.26. The lowest BCUT2D eigenvalue weighted by atomic mass is 9.84. The lowest BCUT2D eigenvalue weighted by Gasteiger charge is -2.23. The number of carbonyl (C=O) groups excluding carboxylic acids is 1. The second kappa shape index (κ2) is 10.0. The SMILES string of the molecule is CC(C)(C)OC(=O)C[C@@H](CCCC1CCCCC1)c1nc(-c2ccccc2)no1. The quantitative estimate of drug-likeness (QED) is 0.488. The standard InChI is InChI=1S/C24H34N2O3/c1-24(2,3)28-21(27)17-20(16-10-13-18-11-6-4-7-12-18)23-25-22(26-29-23)19-14-8-5-9-15-19/h5,8-9,14-15,18,20H,4,6-7,10-13,16-17H2,1-3H3/t20-/m1/s1. The minimum absolute atomic E-state index is 0.0987. The van der Waals surface area contributed by atoms with Crippen LogP contribution in [0.1, 0.15) is 90.4 Å². The summed E-state index contributed by atoms with van der Waals surface area (Å²) in [6.07, 6.45) is 10.2. The van der Waals surface area contributed by atoms with Gasteiger partial charge >= 0.3 is 5.97 Å². The van der Waals surface area contributed by atoms with Crippen LogP contribution in [0.4, 0.5) is 0 Å². The molecule has 0 saturated heterocycles. The summed E-state index contributed by atoms with van der Waals surface area (Å²) in [6, 6.07) is 9.78. The van der Waals surface area contributed by atoms with E-state index in [1.807, 2.05) is 51.1 Å².